The summed E-state index contributed by atoms with van der Waals surface area (Å²) in [4.78, 5) is 104. The molecule has 19 nitrogen and oxygen atoms in total. The molecule has 0 atom stereocenters. The number of pyridine rings is 4. The summed E-state index contributed by atoms with van der Waals surface area (Å²) in [5.41, 5.74) is 12.1. The van der Waals surface area contributed by atoms with Gasteiger partial charge in [-0.25, -0.2) is 43.9 Å². The monoisotopic (exact) mass is 1830 g/mol. The Hall–Kier alpha value is -3.70. The number of hydrogen-bond acceptors (Lipinski definition) is 27. The molecule has 0 aliphatic carbocycles. The Morgan fingerprint density at radius 2 is 0.676 bits per heavy atom. The van der Waals surface area contributed by atoms with Crippen molar-refractivity contribution >= 4 is 203 Å². The van der Waals surface area contributed by atoms with E-state index < -0.39 is 17.9 Å². The number of nitrogens with zero attached hydrogens (tertiary/aromatic N) is 4. The van der Waals surface area contributed by atoms with E-state index in [9.17, 15) is 43.5 Å². The van der Waals surface area contributed by atoms with Crippen LogP contribution in [0.3, 0.4) is 0 Å². The Balaban J connectivity index is 0. The van der Waals surface area contributed by atoms with E-state index in [4.69, 9.17) is 9.84 Å². The van der Waals surface area contributed by atoms with Crippen molar-refractivity contribution in [1.82, 2.24) is 19.9 Å². The standard InChI is InChI=1S/C19H16N2O2S4.C14H16O4S2.C10H10Br2O2.C10H8N2S2.C10H12O2.C9H10O2S2.C2H4OS.K.Na.2H2O/c22-19(23)16-10-14(12-24-26-17-5-1-3-7-20-17)9-15(11-16)13-25-27-18-6-2-4-8-21-18;1-9(15)19-7-11-4-12(8-20-10(2)16)6-13(5-11)14(17)18-3;1-14-10(13)9-3-7(5-11)2-8(4-9)6-12;1-3-7-11-9(5-1)13-14-10-6-2-4-8-12-10;1-7-4-8(2)6-9(5-7)10(11)12-3;10-9(11)8-2-6(4-12)1-7(3-8)5-13;1-2(3)4;;;;/h1-11H,12-13H2,(H,22,23);4-6H,7-8H2,1-3H3;2-4H,5-6H2,1H3;1-8H;4-6H,1-3H3;1-3,12-13H,4-5H2,(H,10,11);1H3,(H,3,4);;;2*1H2/q;;;;;;;2*+1;;/p-2. The van der Waals surface area contributed by atoms with Crippen molar-refractivity contribution in [3.05, 3.63) is 272 Å². The molecule has 0 fully saturated rings. The summed E-state index contributed by atoms with van der Waals surface area (Å²) in [6.07, 6.45) is 7.12. The number of methoxy groups -OCH3 is 3. The van der Waals surface area contributed by atoms with Crippen LogP contribution < -0.4 is 80.9 Å². The molecule has 5 aromatic carbocycles. The van der Waals surface area contributed by atoms with E-state index in [1.807, 2.05) is 135 Å². The number of rotatable bonds is 24. The second kappa shape index (κ2) is 62.7. The molecule has 34 heteroatoms. The second-order valence-electron chi connectivity index (χ2n) is 20.8. The SMILES string of the molecule is CC(=O)[S-].COC(=O)c1cc(C)cc(C)c1.COC(=O)c1cc(CBr)cc(CBr)c1.COC(=O)c1cc(CSC(C)=O)cc(CSC(C)=O)c1.O.O=C(O)c1cc(CS)cc(CS)c1.O=C(O)c1cc(CSSc2ccccn2)cc(CSSc2ccccn2)c1.[K+].[Na+].[OH-].c1ccc(SSc2ccccn2)nc1. The first-order valence-electron chi connectivity index (χ1n) is 30.5. The molecule has 0 saturated heterocycles. The largest absolute Gasteiger partial charge is 1.00 e. The summed E-state index contributed by atoms with van der Waals surface area (Å²) >= 11 is 21.2. The van der Waals surface area contributed by atoms with Crippen molar-refractivity contribution in [2.75, 3.05) is 21.3 Å². The summed E-state index contributed by atoms with van der Waals surface area (Å²) in [5, 5.41) is 23.3. The molecular formula is C74H78Br2KN4NaO15S11. The number of carboxylic acid groups (broad SMARTS) is 2. The van der Waals surface area contributed by atoms with Gasteiger partial charge < -0.3 is 52.8 Å². The summed E-state index contributed by atoms with van der Waals surface area (Å²) in [5.74, 6) is 0.709. The van der Waals surface area contributed by atoms with Crippen molar-refractivity contribution in [2.24, 2.45) is 0 Å². The van der Waals surface area contributed by atoms with Gasteiger partial charge in [-0.1, -0.05) is 143 Å². The van der Waals surface area contributed by atoms with Crippen LogP contribution in [-0.2, 0) is 86.4 Å². The second-order valence-corrected chi connectivity index (χ2v) is 32.2. The van der Waals surface area contributed by atoms with Crippen LogP contribution in [-0.4, -0.2) is 108 Å². The van der Waals surface area contributed by atoms with Gasteiger partial charge in [0.05, 0.1) is 49.1 Å². The summed E-state index contributed by atoms with van der Waals surface area (Å²) in [6, 6.07) is 50.8. The van der Waals surface area contributed by atoms with E-state index >= 15 is 0 Å². The van der Waals surface area contributed by atoms with E-state index in [2.05, 4.69) is 105 Å². The maximum Gasteiger partial charge on any atom is 1.00 e. The maximum atomic E-state index is 11.6. The molecule has 0 aliphatic heterocycles. The van der Waals surface area contributed by atoms with Crippen molar-refractivity contribution in [3.8, 4) is 0 Å². The number of esters is 3. The summed E-state index contributed by atoms with van der Waals surface area (Å²) in [7, 11) is 13.8. The Labute approximate surface area is 760 Å². The van der Waals surface area contributed by atoms with Gasteiger partial charge in [0.1, 0.15) is 20.1 Å². The predicted molar refractivity (Wildman–Crippen MR) is 451 cm³/mol. The van der Waals surface area contributed by atoms with Crippen LogP contribution in [0, 0.1) is 13.8 Å². The summed E-state index contributed by atoms with van der Waals surface area (Å²) in [6.45, 7) is 8.26. The van der Waals surface area contributed by atoms with E-state index in [-0.39, 0.29) is 119 Å². The molecule has 4 heterocycles. The third-order valence-electron chi connectivity index (χ3n) is 12.3. The number of thioether (sulfide) groups is 2. The van der Waals surface area contributed by atoms with E-state index in [0.717, 1.165) is 86.4 Å². The molecule has 0 amide bonds. The molecule has 0 unspecified atom stereocenters. The Morgan fingerprint density at radius 1 is 0.417 bits per heavy atom. The number of carboxylic acids is 2. The molecule has 5 N–H and O–H groups in total. The Morgan fingerprint density at radius 3 is 0.944 bits per heavy atom. The van der Waals surface area contributed by atoms with Gasteiger partial charge >= 0.3 is 111 Å². The fourth-order valence-electron chi connectivity index (χ4n) is 8.01. The topological polar surface area (TPSA) is 318 Å². The van der Waals surface area contributed by atoms with Crippen LogP contribution >= 0.6 is 145 Å². The van der Waals surface area contributed by atoms with Crippen LogP contribution in [0.15, 0.2) is 209 Å². The number of alkyl halides is 2. The van der Waals surface area contributed by atoms with E-state index in [1.54, 1.807) is 126 Å². The fourth-order valence-corrected chi connectivity index (χ4v) is 15.8. The minimum atomic E-state index is -0.910. The molecule has 0 saturated carbocycles. The number of aryl methyl sites for hydroxylation is 2. The minimum Gasteiger partial charge on any atom is -0.870 e. The predicted octanol–water partition coefficient (Wildman–Crippen LogP) is 13.0. The van der Waals surface area contributed by atoms with Gasteiger partial charge in [0.2, 0.25) is 0 Å². The van der Waals surface area contributed by atoms with Gasteiger partial charge in [0.15, 0.2) is 10.2 Å². The molecular weight excluding hydrogens is 1760 g/mol. The first-order valence-corrected chi connectivity index (χ1v) is 43.2. The average molecular weight is 1840 g/mol. The van der Waals surface area contributed by atoms with E-state index in [1.165, 1.54) is 65.6 Å². The van der Waals surface area contributed by atoms with Crippen LogP contribution in [0.5, 0.6) is 0 Å². The number of aromatic nitrogens is 4. The van der Waals surface area contributed by atoms with Gasteiger partial charge in [0.25, 0.3) is 0 Å². The molecule has 4 aromatic heterocycles. The van der Waals surface area contributed by atoms with Crippen molar-refractivity contribution < 1.29 is 155 Å². The van der Waals surface area contributed by atoms with Crippen LogP contribution in [0.25, 0.3) is 0 Å². The van der Waals surface area contributed by atoms with Crippen LogP contribution in [0.4, 0.5) is 0 Å². The van der Waals surface area contributed by atoms with Crippen LogP contribution in [0.1, 0.15) is 128 Å². The molecule has 566 valence electrons. The summed E-state index contributed by atoms with van der Waals surface area (Å²) < 4.78 is 14.0. The molecule has 9 rings (SSSR count). The number of ether oxygens (including phenoxy) is 3. The third kappa shape index (κ3) is 47.1. The van der Waals surface area contributed by atoms with Gasteiger partial charge in [-0.15, -0.1) is 0 Å². The first kappa shape index (κ1) is 106. The van der Waals surface area contributed by atoms with Crippen molar-refractivity contribution in [1.29, 1.82) is 0 Å². The van der Waals surface area contributed by atoms with Gasteiger partial charge in [-0.3, -0.25) is 9.59 Å². The van der Waals surface area contributed by atoms with Gasteiger partial charge in [-0.2, -0.15) is 25.3 Å². The smallest absolute Gasteiger partial charge is 0.870 e. The molecule has 0 bridgehead atoms. The molecule has 0 radical (unpaired) electrons. The van der Waals surface area contributed by atoms with Crippen molar-refractivity contribution in [2.45, 2.75) is 99.9 Å². The maximum absolute atomic E-state index is 11.6. The first-order chi connectivity index (χ1) is 49.8. The van der Waals surface area contributed by atoms with Crippen LogP contribution in [0.2, 0.25) is 0 Å². The average Bonchev–Trinajstić information content (AvgIpc) is 0.882. The Bertz CT molecular complexity index is 4000. The molecule has 0 aliphatic rings. The number of hydrogen-bond donors (Lipinski definition) is 4. The zero-order chi connectivity index (χ0) is 76.8. The minimum absolute atomic E-state index is 0. The number of thiol groups is 2. The Kier molecular flexibility index (Phi) is 61.7. The molecule has 0 spiro atoms. The van der Waals surface area contributed by atoms with Gasteiger partial charge in [-0.05, 0) is 218 Å². The quantitative estimate of drug-likeness (QED) is 0.00830. The number of benzene rings is 5. The normalized spacial score (nSPS) is 9.63. The van der Waals surface area contributed by atoms with E-state index in [0.29, 0.717) is 62.3 Å². The molecule has 108 heavy (non-hydrogen) atoms. The fraction of sp³-hybridized carbons (Fsp3) is 0.216. The molecule has 9 aromatic rings. The zero-order valence-electron chi connectivity index (χ0n) is 60.5. The zero-order valence-corrected chi connectivity index (χ0v) is 77.9. The number of aromatic carboxylic acids is 2. The van der Waals surface area contributed by atoms with Gasteiger partial charge in [0, 0.05) is 88.9 Å². The van der Waals surface area contributed by atoms with Crippen molar-refractivity contribution in [3.63, 3.8) is 0 Å². The number of halogens is 2. The third-order valence-corrected chi connectivity index (χ3v) is 22.6. The number of carbonyl (C=O) groups is 8. The number of carbonyl (C=O) groups excluding carboxylic acids is 6.